The van der Waals surface area contributed by atoms with Crippen molar-refractivity contribution in [2.75, 3.05) is 30.4 Å². The van der Waals surface area contributed by atoms with Crippen LogP contribution in [0.4, 0.5) is 11.4 Å². The summed E-state index contributed by atoms with van der Waals surface area (Å²) in [7, 11) is 1.64. The van der Waals surface area contributed by atoms with Crippen LogP contribution in [0.5, 0.6) is 5.75 Å². The lowest BCUT2D eigenvalue weighted by Crippen LogP contribution is -2.21. The molecule has 5 heteroatoms. The van der Waals surface area contributed by atoms with Crippen LogP contribution in [0.25, 0.3) is 0 Å². The molecule has 1 unspecified atom stereocenters. The average Bonchev–Trinajstić information content (AvgIpc) is 2.92. The molecule has 1 N–H and O–H groups in total. The molecule has 1 aromatic rings. The fourth-order valence-electron chi connectivity index (χ4n) is 2.22. The van der Waals surface area contributed by atoms with E-state index in [1.807, 2.05) is 18.2 Å². The molecule has 0 saturated carbocycles. The number of nitrogens with zero attached hydrogens (tertiary/aromatic N) is 1. The molecule has 2 rings (SSSR count). The topological polar surface area (TPSA) is 41.6 Å². The van der Waals surface area contributed by atoms with E-state index in [1.165, 1.54) is 12.8 Å². The van der Waals surface area contributed by atoms with Crippen LogP contribution < -0.4 is 15.0 Å². The van der Waals surface area contributed by atoms with Gasteiger partial charge in [0.05, 0.1) is 12.8 Å². The smallest absolute Gasteiger partial charge is 0.242 e. The molecule has 1 amide bonds. The van der Waals surface area contributed by atoms with Gasteiger partial charge in [0.25, 0.3) is 0 Å². The van der Waals surface area contributed by atoms with Gasteiger partial charge in [-0.1, -0.05) is 0 Å². The SMILES string of the molecule is COc1cc(NC(=O)C(C)Cl)ccc1N1CCCC1. The zero-order valence-corrected chi connectivity index (χ0v) is 12.0. The highest BCUT2D eigenvalue weighted by Crippen LogP contribution is 2.33. The van der Waals surface area contributed by atoms with Gasteiger partial charge >= 0.3 is 0 Å². The van der Waals surface area contributed by atoms with E-state index in [4.69, 9.17) is 16.3 Å². The van der Waals surface area contributed by atoms with E-state index in [0.717, 1.165) is 24.5 Å². The van der Waals surface area contributed by atoms with Crippen LogP contribution in [-0.2, 0) is 4.79 Å². The molecule has 19 heavy (non-hydrogen) atoms. The predicted octanol–water partition coefficient (Wildman–Crippen LogP) is 2.86. The van der Waals surface area contributed by atoms with Gasteiger partial charge in [-0.3, -0.25) is 4.79 Å². The Kier molecular flexibility index (Phi) is 4.53. The number of nitrogens with one attached hydrogen (secondary N) is 1. The standard InChI is InChI=1S/C14H19ClN2O2/c1-10(15)14(18)16-11-5-6-12(13(9-11)19-2)17-7-3-4-8-17/h5-6,9-10H,3-4,7-8H2,1-2H3,(H,16,18). The number of carbonyl (C=O) groups is 1. The Morgan fingerprint density at radius 2 is 2.11 bits per heavy atom. The minimum atomic E-state index is -0.552. The first-order valence-corrected chi connectivity index (χ1v) is 6.93. The zero-order valence-electron chi connectivity index (χ0n) is 11.3. The van der Waals surface area contributed by atoms with Crippen molar-refractivity contribution >= 4 is 28.9 Å². The Hall–Kier alpha value is -1.42. The summed E-state index contributed by atoms with van der Waals surface area (Å²) in [6.07, 6.45) is 2.43. The Balaban J connectivity index is 2.18. The second-order valence-corrected chi connectivity index (χ2v) is 5.34. The number of hydrogen-bond acceptors (Lipinski definition) is 3. The molecule has 1 aliphatic heterocycles. The Labute approximate surface area is 118 Å². The van der Waals surface area contributed by atoms with E-state index in [2.05, 4.69) is 10.2 Å². The minimum absolute atomic E-state index is 0.211. The van der Waals surface area contributed by atoms with Gasteiger partial charge in [0, 0.05) is 24.8 Å². The lowest BCUT2D eigenvalue weighted by atomic mass is 10.2. The quantitative estimate of drug-likeness (QED) is 0.864. The molecule has 0 radical (unpaired) electrons. The van der Waals surface area contributed by atoms with Gasteiger partial charge in [-0.25, -0.2) is 0 Å². The number of alkyl halides is 1. The van der Waals surface area contributed by atoms with Crippen molar-refractivity contribution in [3.63, 3.8) is 0 Å². The van der Waals surface area contributed by atoms with Crippen molar-refractivity contribution in [2.45, 2.75) is 25.1 Å². The summed E-state index contributed by atoms with van der Waals surface area (Å²) in [5.41, 5.74) is 1.79. The van der Waals surface area contributed by atoms with Crippen molar-refractivity contribution in [2.24, 2.45) is 0 Å². The Bertz CT molecular complexity index is 457. The maximum atomic E-state index is 11.6. The molecule has 1 heterocycles. The van der Waals surface area contributed by atoms with Gasteiger partial charge in [-0.05, 0) is 31.9 Å². The summed E-state index contributed by atoms with van der Waals surface area (Å²) in [6, 6.07) is 5.71. The monoisotopic (exact) mass is 282 g/mol. The van der Waals surface area contributed by atoms with Crippen LogP contribution >= 0.6 is 11.6 Å². The highest BCUT2D eigenvalue weighted by Gasteiger charge is 2.17. The van der Waals surface area contributed by atoms with Gasteiger partial charge in [-0.2, -0.15) is 0 Å². The first kappa shape index (κ1) is 14.0. The van der Waals surface area contributed by atoms with Crippen LogP contribution in [-0.4, -0.2) is 31.5 Å². The maximum Gasteiger partial charge on any atom is 0.242 e. The minimum Gasteiger partial charge on any atom is -0.495 e. The summed E-state index contributed by atoms with van der Waals surface area (Å²) < 4.78 is 5.41. The molecule has 0 aliphatic carbocycles. The van der Waals surface area contributed by atoms with Gasteiger partial charge in [0.1, 0.15) is 11.1 Å². The molecule has 1 fully saturated rings. The number of carbonyl (C=O) groups excluding carboxylic acids is 1. The van der Waals surface area contributed by atoms with Crippen molar-refractivity contribution in [1.29, 1.82) is 0 Å². The Morgan fingerprint density at radius 3 is 2.68 bits per heavy atom. The maximum absolute atomic E-state index is 11.6. The summed E-state index contributed by atoms with van der Waals surface area (Å²) in [5.74, 6) is 0.569. The molecule has 0 bridgehead atoms. The number of halogens is 1. The third-order valence-corrected chi connectivity index (χ3v) is 3.45. The second-order valence-electron chi connectivity index (χ2n) is 4.69. The largest absolute Gasteiger partial charge is 0.495 e. The molecule has 0 aromatic heterocycles. The molecule has 1 atom stereocenters. The zero-order chi connectivity index (χ0) is 13.8. The third-order valence-electron chi connectivity index (χ3n) is 3.26. The van der Waals surface area contributed by atoms with Gasteiger partial charge in [0.15, 0.2) is 0 Å². The van der Waals surface area contributed by atoms with Crippen molar-refractivity contribution in [1.82, 2.24) is 0 Å². The average molecular weight is 283 g/mol. The summed E-state index contributed by atoms with van der Waals surface area (Å²) >= 11 is 5.74. The Morgan fingerprint density at radius 1 is 1.42 bits per heavy atom. The van der Waals surface area contributed by atoms with E-state index < -0.39 is 5.38 Å². The molecular formula is C14H19ClN2O2. The van der Waals surface area contributed by atoms with E-state index in [0.29, 0.717) is 5.69 Å². The van der Waals surface area contributed by atoms with E-state index in [1.54, 1.807) is 14.0 Å². The molecular weight excluding hydrogens is 264 g/mol. The van der Waals surface area contributed by atoms with E-state index in [9.17, 15) is 4.79 Å². The normalized spacial score (nSPS) is 16.3. The van der Waals surface area contributed by atoms with Crippen LogP contribution in [0.1, 0.15) is 19.8 Å². The van der Waals surface area contributed by atoms with Crippen LogP contribution in [0.3, 0.4) is 0 Å². The van der Waals surface area contributed by atoms with Crippen molar-refractivity contribution in [3.05, 3.63) is 18.2 Å². The van der Waals surface area contributed by atoms with Crippen molar-refractivity contribution < 1.29 is 9.53 Å². The van der Waals surface area contributed by atoms with E-state index >= 15 is 0 Å². The molecule has 1 saturated heterocycles. The highest BCUT2D eigenvalue weighted by atomic mass is 35.5. The van der Waals surface area contributed by atoms with Crippen molar-refractivity contribution in [3.8, 4) is 5.75 Å². The number of anilines is 2. The summed E-state index contributed by atoms with van der Waals surface area (Å²) in [4.78, 5) is 13.9. The molecule has 1 aromatic carbocycles. The van der Waals surface area contributed by atoms with Crippen LogP contribution in [0.2, 0.25) is 0 Å². The number of amides is 1. The fraction of sp³-hybridized carbons (Fsp3) is 0.500. The number of ether oxygens (including phenoxy) is 1. The fourth-order valence-corrected chi connectivity index (χ4v) is 2.27. The number of rotatable bonds is 4. The number of benzene rings is 1. The third kappa shape index (κ3) is 3.32. The van der Waals surface area contributed by atoms with Gasteiger partial charge in [-0.15, -0.1) is 11.6 Å². The highest BCUT2D eigenvalue weighted by molar-refractivity contribution is 6.32. The first-order valence-electron chi connectivity index (χ1n) is 6.49. The van der Waals surface area contributed by atoms with Crippen LogP contribution in [0.15, 0.2) is 18.2 Å². The van der Waals surface area contributed by atoms with Gasteiger partial charge in [0.2, 0.25) is 5.91 Å². The molecule has 0 spiro atoms. The second kappa shape index (κ2) is 6.15. The first-order chi connectivity index (χ1) is 9.11. The lowest BCUT2D eigenvalue weighted by molar-refractivity contribution is -0.115. The summed E-state index contributed by atoms with van der Waals surface area (Å²) in [6.45, 7) is 3.76. The molecule has 104 valence electrons. The lowest BCUT2D eigenvalue weighted by Gasteiger charge is -2.21. The van der Waals surface area contributed by atoms with Gasteiger partial charge < -0.3 is 15.0 Å². The van der Waals surface area contributed by atoms with E-state index in [-0.39, 0.29) is 5.91 Å². The number of methoxy groups -OCH3 is 1. The van der Waals surface area contributed by atoms with Crippen LogP contribution in [0, 0.1) is 0 Å². The molecule has 4 nitrogen and oxygen atoms in total. The molecule has 1 aliphatic rings. The predicted molar refractivity (Wildman–Crippen MR) is 78.4 cm³/mol. The number of hydrogen-bond donors (Lipinski definition) is 1. The summed E-state index contributed by atoms with van der Waals surface area (Å²) in [5, 5.41) is 2.21.